The maximum absolute atomic E-state index is 13.1. The summed E-state index contributed by atoms with van der Waals surface area (Å²) in [6.07, 6.45) is 0. The number of nitrogens with zero attached hydrogens (tertiary/aromatic N) is 1. The van der Waals surface area contributed by atoms with Crippen LogP contribution in [0, 0.1) is 6.92 Å². The van der Waals surface area contributed by atoms with Crippen LogP contribution in [-0.2, 0) is 7.05 Å². The lowest BCUT2D eigenvalue weighted by Crippen LogP contribution is -2.31. The minimum absolute atomic E-state index is 0.331. The van der Waals surface area contributed by atoms with Crippen molar-refractivity contribution < 1.29 is 14.1 Å². The summed E-state index contributed by atoms with van der Waals surface area (Å²) in [4.78, 5) is 13.1. The van der Waals surface area contributed by atoms with Crippen LogP contribution in [0.5, 0.6) is 5.75 Å². The summed E-state index contributed by atoms with van der Waals surface area (Å²) < 4.78 is 7.79. The Morgan fingerprint density at radius 3 is 2.32 bits per heavy atom. The predicted molar refractivity (Wildman–Crippen MR) is 98.8 cm³/mol. The summed E-state index contributed by atoms with van der Waals surface area (Å²) in [5.41, 5.74) is 3.68. The molecule has 122 valence electrons. The van der Waals surface area contributed by atoms with E-state index in [4.69, 9.17) is 4.74 Å². The van der Waals surface area contributed by atoms with E-state index in [1.54, 1.807) is 12.1 Å². The molecule has 0 fully saturated rings. The smallest absolute Gasteiger partial charge is 0.345 e. The Balaban J connectivity index is 2.03. The molecule has 0 spiro atoms. The molecule has 0 unspecified atom stereocenters. The van der Waals surface area contributed by atoms with Gasteiger partial charge in [0.05, 0.1) is 16.3 Å². The van der Waals surface area contributed by atoms with Crippen molar-refractivity contribution in [3.8, 4) is 5.75 Å². The number of rotatable bonds is 2. The van der Waals surface area contributed by atoms with E-state index in [1.165, 1.54) is 0 Å². The number of pyridine rings is 1. The lowest BCUT2D eigenvalue weighted by Gasteiger charge is -2.11. The molecule has 0 saturated carbocycles. The molecule has 0 amide bonds. The lowest BCUT2D eigenvalue weighted by molar-refractivity contribution is -0.617. The summed E-state index contributed by atoms with van der Waals surface area (Å²) in [5, 5.41) is 1.83. The molecule has 0 saturated heterocycles. The Morgan fingerprint density at radius 1 is 0.840 bits per heavy atom. The third-order valence-corrected chi connectivity index (χ3v) is 4.55. The zero-order valence-electron chi connectivity index (χ0n) is 14.2. The second-order valence-electron chi connectivity index (χ2n) is 6.12. The normalized spacial score (nSPS) is 11.0. The Hall–Kier alpha value is -3.20. The van der Waals surface area contributed by atoms with Gasteiger partial charge in [-0.1, -0.05) is 42.5 Å². The van der Waals surface area contributed by atoms with Crippen LogP contribution in [0.25, 0.3) is 21.8 Å². The van der Waals surface area contributed by atoms with Crippen molar-refractivity contribution in [3.05, 3.63) is 83.9 Å². The van der Waals surface area contributed by atoms with E-state index < -0.39 is 0 Å². The standard InChI is InChI=1S/C22H18NO2/c1-15-9-8-14-19-20(15)21(17-12-6-7-13-18(17)23(19)2)22(24)25-16-10-4-3-5-11-16/h3-14H,1-2H3/q+1. The highest BCUT2D eigenvalue weighted by atomic mass is 16.5. The first-order chi connectivity index (χ1) is 12.2. The molecule has 4 aromatic rings. The van der Waals surface area contributed by atoms with Crippen molar-refractivity contribution in [1.29, 1.82) is 0 Å². The SMILES string of the molecule is Cc1cccc2c1c(C(=O)Oc1ccccc1)c1ccccc1[n+]2C. The van der Waals surface area contributed by atoms with Gasteiger partial charge in [0.2, 0.25) is 11.0 Å². The number of para-hydroxylation sites is 2. The summed E-state index contributed by atoms with van der Waals surface area (Å²) in [6, 6.07) is 23.2. The molecule has 1 aromatic heterocycles. The van der Waals surface area contributed by atoms with Crippen molar-refractivity contribution in [1.82, 2.24) is 0 Å². The fraction of sp³-hybridized carbons (Fsp3) is 0.0909. The summed E-state index contributed by atoms with van der Waals surface area (Å²) in [6.45, 7) is 2.02. The van der Waals surface area contributed by atoms with E-state index in [-0.39, 0.29) is 5.97 Å². The molecular formula is C22H18NO2+. The highest BCUT2D eigenvalue weighted by Gasteiger charge is 2.24. The van der Waals surface area contributed by atoms with Crippen LogP contribution >= 0.6 is 0 Å². The van der Waals surface area contributed by atoms with E-state index in [0.717, 1.165) is 27.4 Å². The first-order valence-corrected chi connectivity index (χ1v) is 8.24. The molecule has 0 aliphatic rings. The molecule has 0 atom stereocenters. The quantitative estimate of drug-likeness (QED) is 0.237. The number of hydrogen-bond donors (Lipinski definition) is 0. The zero-order valence-corrected chi connectivity index (χ0v) is 14.2. The van der Waals surface area contributed by atoms with E-state index in [1.807, 2.05) is 74.6 Å². The Labute approximate surface area is 146 Å². The van der Waals surface area contributed by atoms with Crippen molar-refractivity contribution in [2.75, 3.05) is 0 Å². The Bertz CT molecular complexity index is 1100. The molecule has 1 heterocycles. The summed E-state index contributed by atoms with van der Waals surface area (Å²) in [7, 11) is 2.02. The van der Waals surface area contributed by atoms with Crippen LogP contribution in [0.15, 0.2) is 72.8 Å². The number of carbonyl (C=O) groups excluding carboxylic acids is 1. The van der Waals surface area contributed by atoms with Gasteiger partial charge in [-0.3, -0.25) is 0 Å². The lowest BCUT2D eigenvalue weighted by atomic mass is 9.98. The summed E-state index contributed by atoms with van der Waals surface area (Å²) in [5.74, 6) is 0.217. The monoisotopic (exact) mass is 328 g/mol. The van der Waals surface area contributed by atoms with Crippen LogP contribution in [0.3, 0.4) is 0 Å². The number of hydrogen-bond acceptors (Lipinski definition) is 2. The third-order valence-electron chi connectivity index (χ3n) is 4.55. The van der Waals surface area contributed by atoms with Gasteiger partial charge in [-0.2, -0.15) is 4.57 Å². The average Bonchev–Trinajstić information content (AvgIpc) is 2.64. The van der Waals surface area contributed by atoms with Crippen molar-refractivity contribution in [2.45, 2.75) is 6.92 Å². The number of esters is 1. The maximum Gasteiger partial charge on any atom is 0.345 e. The van der Waals surface area contributed by atoms with Crippen molar-refractivity contribution in [2.24, 2.45) is 7.05 Å². The Kier molecular flexibility index (Phi) is 3.69. The van der Waals surface area contributed by atoms with Crippen molar-refractivity contribution >= 4 is 27.8 Å². The third kappa shape index (κ3) is 2.54. The van der Waals surface area contributed by atoms with E-state index in [9.17, 15) is 4.79 Å². The number of aromatic nitrogens is 1. The molecular weight excluding hydrogens is 310 g/mol. The highest BCUT2D eigenvalue weighted by Crippen LogP contribution is 2.28. The first kappa shape index (κ1) is 15.3. The minimum atomic E-state index is -0.331. The Morgan fingerprint density at radius 2 is 1.52 bits per heavy atom. The van der Waals surface area contributed by atoms with Crippen LogP contribution in [-0.4, -0.2) is 5.97 Å². The van der Waals surface area contributed by atoms with Crippen LogP contribution < -0.4 is 9.30 Å². The molecule has 0 aliphatic carbocycles. The largest absolute Gasteiger partial charge is 0.423 e. The van der Waals surface area contributed by atoms with Crippen LogP contribution in [0.4, 0.5) is 0 Å². The highest BCUT2D eigenvalue weighted by molar-refractivity contribution is 6.14. The van der Waals surface area contributed by atoms with Crippen LogP contribution in [0.2, 0.25) is 0 Å². The molecule has 4 rings (SSSR count). The zero-order chi connectivity index (χ0) is 17.4. The molecule has 25 heavy (non-hydrogen) atoms. The predicted octanol–water partition coefficient (Wildman–Crippen LogP) is 4.35. The van der Waals surface area contributed by atoms with Gasteiger partial charge in [-0.25, -0.2) is 4.79 Å². The summed E-state index contributed by atoms with van der Waals surface area (Å²) >= 11 is 0. The molecule has 3 aromatic carbocycles. The maximum atomic E-state index is 13.1. The minimum Gasteiger partial charge on any atom is -0.423 e. The molecule has 0 aliphatic heterocycles. The van der Waals surface area contributed by atoms with Gasteiger partial charge < -0.3 is 4.74 Å². The van der Waals surface area contributed by atoms with Crippen LogP contribution in [0.1, 0.15) is 15.9 Å². The number of ether oxygens (including phenoxy) is 1. The number of aryl methyl sites for hydroxylation is 2. The van der Waals surface area contributed by atoms with E-state index in [2.05, 4.69) is 4.57 Å². The van der Waals surface area contributed by atoms with Crippen molar-refractivity contribution in [3.63, 3.8) is 0 Å². The second kappa shape index (κ2) is 6.02. The molecule has 0 radical (unpaired) electrons. The number of benzene rings is 3. The topological polar surface area (TPSA) is 30.2 Å². The number of carbonyl (C=O) groups is 1. The molecule has 3 heteroatoms. The van der Waals surface area contributed by atoms with Gasteiger partial charge in [-0.15, -0.1) is 0 Å². The van der Waals surface area contributed by atoms with Gasteiger partial charge in [-0.05, 0) is 30.7 Å². The van der Waals surface area contributed by atoms with Gasteiger partial charge in [0.1, 0.15) is 12.8 Å². The van der Waals surface area contributed by atoms with Gasteiger partial charge in [0, 0.05) is 12.1 Å². The fourth-order valence-corrected chi connectivity index (χ4v) is 3.36. The molecule has 0 bridgehead atoms. The van der Waals surface area contributed by atoms with Gasteiger partial charge >= 0.3 is 5.97 Å². The first-order valence-electron chi connectivity index (χ1n) is 8.24. The van der Waals surface area contributed by atoms with Gasteiger partial charge in [0.15, 0.2) is 0 Å². The van der Waals surface area contributed by atoms with E-state index in [0.29, 0.717) is 11.3 Å². The fourth-order valence-electron chi connectivity index (χ4n) is 3.36. The molecule has 0 N–H and O–H groups in total. The van der Waals surface area contributed by atoms with Gasteiger partial charge in [0.25, 0.3) is 0 Å². The average molecular weight is 328 g/mol. The molecule has 3 nitrogen and oxygen atoms in total. The van der Waals surface area contributed by atoms with E-state index >= 15 is 0 Å². The second-order valence-corrected chi connectivity index (χ2v) is 6.12. The number of fused-ring (bicyclic) bond motifs is 2.